The van der Waals surface area contributed by atoms with Crippen LogP contribution in [0.15, 0.2) is 30.3 Å². The second-order valence-corrected chi connectivity index (χ2v) is 6.47. The summed E-state index contributed by atoms with van der Waals surface area (Å²) in [5.74, 6) is -0.800. The van der Waals surface area contributed by atoms with Crippen molar-refractivity contribution in [2.24, 2.45) is 0 Å². The molecule has 0 saturated heterocycles. The summed E-state index contributed by atoms with van der Waals surface area (Å²) in [6.45, 7) is 5.56. The molecule has 4 nitrogen and oxygen atoms in total. The number of carbonyl (C=O) groups excluding carboxylic acids is 2. The Morgan fingerprint density at radius 3 is 2.64 bits per heavy atom. The smallest absolute Gasteiger partial charge is 0.339 e. The molecule has 0 bridgehead atoms. The highest BCUT2D eigenvalue weighted by atomic mass is 32.1. The highest BCUT2D eigenvalue weighted by Crippen LogP contribution is 2.21. The minimum atomic E-state index is -0.459. The summed E-state index contributed by atoms with van der Waals surface area (Å²) in [6.07, 6.45) is 0.898. The van der Waals surface area contributed by atoms with E-state index in [2.05, 4.69) is 5.32 Å². The van der Waals surface area contributed by atoms with Gasteiger partial charge in [0.15, 0.2) is 6.61 Å². The van der Waals surface area contributed by atoms with E-state index in [1.807, 2.05) is 45.0 Å². The number of hydrogen-bond acceptors (Lipinski definition) is 4. The minimum Gasteiger partial charge on any atom is -0.452 e. The van der Waals surface area contributed by atoms with E-state index in [4.69, 9.17) is 4.74 Å². The molecule has 0 spiro atoms. The Balaban J connectivity index is 1.90. The fourth-order valence-electron chi connectivity index (χ4n) is 2.11. The standard InChI is InChI=1S/C17H19NO3S/c1-4-13-6-5-7-14(9-13)18-16(19)10-21-17(20)15-8-11(2)22-12(15)3/h5-9H,4,10H2,1-3H3,(H,18,19). The number of hydrogen-bond donors (Lipinski definition) is 1. The van der Waals surface area contributed by atoms with E-state index in [0.29, 0.717) is 11.3 Å². The van der Waals surface area contributed by atoms with Crippen molar-refractivity contribution in [3.8, 4) is 0 Å². The van der Waals surface area contributed by atoms with E-state index in [1.165, 1.54) is 11.3 Å². The third-order valence-electron chi connectivity index (χ3n) is 3.21. The summed E-state index contributed by atoms with van der Waals surface area (Å²) < 4.78 is 5.07. The number of amides is 1. The van der Waals surface area contributed by atoms with Gasteiger partial charge in [-0.2, -0.15) is 0 Å². The fraction of sp³-hybridized carbons (Fsp3) is 0.294. The number of thiophene rings is 1. The van der Waals surface area contributed by atoms with E-state index in [-0.39, 0.29) is 12.5 Å². The Morgan fingerprint density at radius 2 is 2.00 bits per heavy atom. The van der Waals surface area contributed by atoms with E-state index in [1.54, 1.807) is 6.07 Å². The Bertz CT molecular complexity index is 691. The average molecular weight is 317 g/mol. The van der Waals surface area contributed by atoms with Crippen molar-refractivity contribution in [2.45, 2.75) is 27.2 Å². The second kappa shape index (κ2) is 7.22. The Morgan fingerprint density at radius 1 is 1.23 bits per heavy atom. The number of aryl methyl sites for hydroxylation is 3. The first-order valence-electron chi connectivity index (χ1n) is 7.12. The minimum absolute atomic E-state index is 0.288. The van der Waals surface area contributed by atoms with Crippen LogP contribution in [0.3, 0.4) is 0 Å². The lowest BCUT2D eigenvalue weighted by Gasteiger charge is -2.07. The number of benzene rings is 1. The van der Waals surface area contributed by atoms with Gasteiger partial charge in [0.1, 0.15) is 0 Å². The zero-order chi connectivity index (χ0) is 16.1. The SMILES string of the molecule is CCc1cccc(NC(=O)COC(=O)c2cc(C)sc2C)c1. The van der Waals surface area contributed by atoms with E-state index in [9.17, 15) is 9.59 Å². The lowest BCUT2D eigenvalue weighted by molar-refractivity contribution is -0.119. The quantitative estimate of drug-likeness (QED) is 0.855. The van der Waals surface area contributed by atoms with Crippen molar-refractivity contribution in [1.82, 2.24) is 0 Å². The van der Waals surface area contributed by atoms with Gasteiger partial charge in [-0.3, -0.25) is 4.79 Å². The van der Waals surface area contributed by atoms with Crippen LogP contribution in [-0.4, -0.2) is 18.5 Å². The third-order valence-corrected chi connectivity index (χ3v) is 4.18. The largest absolute Gasteiger partial charge is 0.452 e. The zero-order valence-corrected chi connectivity index (χ0v) is 13.8. The molecule has 116 valence electrons. The molecule has 1 aromatic carbocycles. The molecule has 0 unspecified atom stereocenters. The van der Waals surface area contributed by atoms with Crippen LogP contribution < -0.4 is 5.32 Å². The molecule has 0 aliphatic rings. The number of ether oxygens (including phenoxy) is 1. The predicted molar refractivity (Wildman–Crippen MR) is 88.5 cm³/mol. The highest BCUT2D eigenvalue weighted by molar-refractivity contribution is 7.12. The van der Waals surface area contributed by atoms with Crippen molar-refractivity contribution < 1.29 is 14.3 Å². The molecule has 1 aromatic heterocycles. The van der Waals surface area contributed by atoms with Crippen LogP contribution in [0.5, 0.6) is 0 Å². The zero-order valence-electron chi connectivity index (χ0n) is 12.9. The molecule has 0 radical (unpaired) electrons. The van der Waals surface area contributed by atoms with Gasteiger partial charge in [-0.25, -0.2) is 4.79 Å². The summed E-state index contributed by atoms with van der Waals surface area (Å²) in [4.78, 5) is 25.7. The fourth-order valence-corrected chi connectivity index (χ4v) is 3.02. The lowest BCUT2D eigenvalue weighted by Crippen LogP contribution is -2.21. The van der Waals surface area contributed by atoms with Gasteiger partial charge in [-0.15, -0.1) is 11.3 Å². The van der Waals surface area contributed by atoms with Gasteiger partial charge < -0.3 is 10.1 Å². The summed E-state index contributed by atoms with van der Waals surface area (Å²) in [6, 6.07) is 9.39. The number of esters is 1. The molecule has 0 aliphatic carbocycles. The molecule has 0 atom stereocenters. The van der Waals surface area contributed by atoms with Crippen LogP contribution in [0.2, 0.25) is 0 Å². The normalized spacial score (nSPS) is 10.3. The number of carbonyl (C=O) groups is 2. The number of nitrogens with one attached hydrogen (secondary N) is 1. The summed E-state index contributed by atoms with van der Waals surface area (Å²) >= 11 is 1.54. The molecule has 1 amide bonds. The molecule has 2 rings (SSSR count). The third kappa shape index (κ3) is 4.18. The first-order valence-corrected chi connectivity index (χ1v) is 7.94. The molecule has 22 heavy (non-hydrogen) atoms. The molecule has 2 aromatic rings. The molecule has 1 N–H and O–H groups in total. The first-order chi connectivity index (χ1) is 10.5. The molecular weight excluding hydrogens is 298 g/mol. The van der Waals surface area contributed by atoms with Gasteiger partial charge >= 0.3 is 5.97 Å². The van der Waals surface area contributed by atoms with E-state index < -0.39 is 5.97 Å². The van der Waals surface area contributed by atoms with Crippen molar-refractivity contribution >= 4 is 28.9 Å². The van der Waals surface area contributed by atoms with Gasteiger partial charge in [-0.05, 0) is 44.0 Å². The Kier molecular flexibility index (Phi) is 5.33. The van der Waals surface area contributed by atoms with Gasteiger partial charge in [0.25, 0.3) is 5.91 Å². The number of rotatable bonds is 5. The molecule has 1 heterocycles. The lowest BCUT2D eigenvalue weighted by atomic mass is 10.1. The number of anilines is 1. The molecular formula is C17H19NO3S. The van der Waals surface area contributed by atoms with Gasteiger partial charge in [0, 0.05) is 15.4 Å². The Hall–Kier alpha value is -2.14. The monoisotopic (exact) mass is 317 g/mol. The molecule has 0 fully saturated rings. The van der Waals surface area contributed by atoms with Crippen LogP contribution in [0.4, 0.5) is 5.69 Å². The van der Waals surface area contributed by atoms with E-state index >= 15 is 0 Å². The van der Waals surface area contributed by atoms with Crippen molar-refractivity contribution in [1.29, 1.82) is 0 Å². The predicted octanol–water partition coefficient (Wildman–Crippen LogP) is 3.72. The van der Waals surface area contributed by atoms with Gasteiger partial charge in [0.2, 0.25) is 0 Å². The van der Waals surface area contributed by atoms with Crippen LogP contribution in [0, 0.1) is 13.8 Å². The van der Waals surface area contributed by atoms with Crippen LogP contribution in [-0.2, 0) is 16.0 Å². The topological polar surface area (TPSA) is 55.4 Å². The van der Waals surface area contributed by atoms with Crippen LogP contribution in [0.25, 0.3) is 0 Å². The van der Waals surface area contributed by atoms with Crippen molar-refractivity contribution in [3.05, 3.63) is 51.2 Å². The Labute approximate surface area is 134 Å². The van der Waals surface area contributed by atoms with Crippen LogP contribution in [0.1, 0.15) is 32.6 Å². The van der Waals surface area contributed by atoms with Crippen LogP contribution >= 0.6 is 11.3 Å². The maximum Gasteiger partial charge on any atom is 0.339 e. The second-order valence-electron chi connectivity index (χ2n) is 5.01. The highest BCUT2D eigenvalue weighted by Gasteiger charge is 2.15. The average Bonchev–Trinajstić information content (AvgIpc) is 2.83. The molecule has 5 heteroatoms. The molecule has 0 aliphatic heterocycles. The van der Waals surface area contributed by atoms with Crippen molar-refractivity contribution in [3.63, 3.8) is 0 Å². The van der Waals surface area contributed by atoms with Crippen molar-refractivity contribution in [2.75, 3.05) is 11.9 Å². The maximum absolute atomic E-state index is 11.9. The molecule has 0 saturated carbocycles. The first kappa shape index (κ1) is 16.2. The summed E-state index contributed by atoms with van der Waals surface area (Å²) in [5.41, 5.74) is 2.38. The van der Waals surface area contributed by atoms with Gasteiger partial charge in [0.05, 0.1) is 5.56 Å². The summed E-state index contributed by atoms with van der Waals surface area (Å²) in [5, 5.41) is 2.73. The maximum atomic E-state index is 11.9. The summed E-state index contributed by atoms with van der Waals surface area (Å²) in [7, 11) is 0. The van der Waals surface area contributed by atoms with Gasteiger partial charge in [-0.1, -0.05) is 19.1 Å². The van der Waals surface area contributed by atoms with E-state index in [0.717, 1.165) is 21.7 Å².